The van der Waals surface area contributed by atoms with Crippen molar-refractivity contribution < 1.29 is 0 Å². The van der Waals surface area contributed by atoms with E-state index in [-0.39, 0.29) is 6.04 Å². The maximum atomic E-state index is 9.30. The van der Waals surface area contributed by atoms with Gasteiger partial charge in [-0.2, -0.15) is 5.26 Å². The Morgan fingerprint density at radius 2 is 2.21 bits per heavy atom. The summed E-state index contributed by atoms with van der Waals surface area (Å²) in [5.74, 6) is 0.654. The maximum Gasteiger partial charge on any atom is 0.166 e. The molecule has 100 valence electrons. The molecule has 1 aromatic heterocycles. The van der Waals surface area contributed by atoms with Gasteiger partial charge < -0.3 is 4.98 Å². The van der Waals surface area contributed by atoms with E-state index in [1.54, 1.807) is 11.8 Å². The van der Waals surface area contributed by atoms with Crippen molar-refractivity contribution in [3.8, 4) is 6.07 Å². The number of thioether (sulfide) groups is 1. The summed E-state index contributed by atoms with van der Waals surface area (Å²) in [6.45, 7) is 6.01. The second-order valence-electron chi connectivity index (χ2n) is 5.09. The van der Waals surface area contributed by atoms with Gasteiger partial charge in [0.2, 0.25) is 0 Å². The number of benzene rings is 1. The molecular weight excluding hydrogens is 256 g/mol. The topological polar surface area (TPSA) is 64.5 Å². The standard InChI is InChI=1S/C14H18N4S/c1-10(2)18-14(3,8-15)9-19-13-16-11-6-4-5-7-12(11)17-13/h4-7,10,18H,9H2,1-3H3,(H,16,17). The summed E-state index contributed by atoms with van der Waals surface area (Å²) in [6, 6.07) is 10.5. The summed E-state index contributed by atoms with van der Waals surface area (Å²) in [5, 5.41) is 13.4. The first-order valence-corrected chi connectivity index (χ1v) is 7.27. The molecule has 4 nitrogen and oxygen atoms in total. The number of imidazole rings is 1. The van der Waals surface area contributed by atoms with E-state index in [1.165, 1.54) is 0 Å². The zero-order valence-electron chi connectivity index (χ0n) is 11.4. The normalized spacial score (nSPS) is 14.5. The van der Waals surface area contributed by atoms with Gasteiger partial charge in [-0.1, -0.05) is 23.9 Å². The van der Waals surface area contributed by atoms with E-state index in [9.17, 15) is 5.26 Å². The zero-order valence-corrected chi connectivity index (χ0v) is 12.2. The lowest BCUT2D eigenvalue weighted by molar-refractivity contribution is 0.443. The second kappa shape index (κ2) is 5.64. The summed E-state index contributed by atoms with van der Waals surface area (Å²) in [7, 11) is 0. The average molecular weight is 274 g/mol. The van der Waals surface area contributed by atoms with E-state index in [2.05, 4.69) is 21.4 Å². The molecule has 0 amide bonds. The molecule has 2 aromatic rings. The highest BCUT2D eigenvalue weighted by Gasteiger charge is 2.25. The highest BCUT2D eigenvalue weighted by molar-refractivity contribution is 7.99. The lowest BCUT2D eigenvalue weighted by Crippen LogP contribution is -2.47. The fraction of sp³-hybridized carbons (Fsp3) is 0.429. The van der Waals surface area contributed by atoms with Gasteiger partial charge in [-0.15, -0.1) is 0 Å². The number of nitrogens with zero attached hydrogens (tertiary/aromatic N) is 2. The number of para-hydroxylation sites is 2. The molecule has 5 heteroatoms. The molecule has 0 aliphatic rings. The smallest absolute Gasteiger partial charge is 0.166 e. The van der Waals surface area contributed by atoms with Crippen LogP contribution in [0.2, 0.25) is 0 Å². The molecule has 1 aromatic carbocycles. The van der Waals surface area contributed by atoms with E-state index in [0.29, 0.717) is 5.75 Å². The summed E-state index contributed by atoms with van der Waals surface area (Å²) in [4.78, 5) is 7.76. The first kappa shape index (κ1) is 13.9. The minimum absolute atomic E-state index is 0.279. The molecular formula is C14H18N4S. The van der Waals surface area contributed by atoms with Crippen LogP contribution in [0.1, 0.15) is 20.8 Å². The molecule has 2 rings (SSSR count). The van der Waals surface area contributed by atoms with Gasteiger partial charge in [0.1, 0.15) is 5.54 Å². The summed E-state index contributed by atoms with van der Waals surface area (Å²) in [5.41, 5.74) is 1.44. The first-order chi connectivity index (χ1) is 9.02. The van der Waals surface area contributed by atoms with Crippen LogP contribution in [-0.2, 0) is 0 Å². The number of aromatic nitrogens is 2. The van der Waals surface area contributed by atoms with Gasteiger partial charge in [0.05, 0.1) is 17.1 Å². The monoisotopic (exact) mass is 274 g/mol. The Hall–Kier alpha value is -1.51. The van der Waals surface area contributed by atoms with Crippen LogP contribution in [0.15, 0.2) is 29.4 Å². The SMILES string of the molecule is CC(C)NC(C)(C#N)CSc1nc2ccccc2[nH]1. The highest BCUT2D eigenvalue weighted by atomic mass is 32.2. The van der Waals surface area contributed by atoms with Crippen molar-refractivity contribution >= 4 is 22.8 Å². The zero-order chi connectivity index (χ0) is 13.9. The molecule has 0 aliphatic heterocycles. The van der Waals surface area contributed by atoms with Crippen LogP contribution in [0.25, 0.3) is 11.0 Å². The largest absolute Gasteiger partial charge is 0.333 e. The van der Waals surface area contributed by atoms with Crippen molar-refractivity contribution in [1.82, 2.24) is 15.3 Å². The van der Waals surface area contributed by atoms with Gasteiger partial charge in [-0.3, -0.25) is 5.32 Å². The van der Waals surface area contributed by atoms with Gasteiger partial charge in [-0.05, 0) is 32.9 Å². The number of nitriles is 1. The minimum Gasteiger partial charge on any atom is -0.333 e. The van der Waals surface area contributed by atoms with Crippen molar-refractivity contribution in [1.29, 1.82) is 5.26 Å². The minimum atomic E-state index is -0.544. The third-order valence-corrected chi connectivity index (χ3v) is 3.91. The van der Waals surface area contributed by atoms with Crippen LogP contribution in [0.5, 0.6) is 0 Å². The van der Waals surface area contributed by atoms with Gasteiger partial charge in [0.25, 0.3) is 0 Å². The van der Waals surface area contributed by atoms with Crippen molar-refractivity contribution in [2.24, 2.45) is 0 Å². The average Bonchev–Trinajstić information content (AvgIpc) is 2.78. The Bertz CT molecular complexity index is 566. The number of rotatable bonds is 5. The predicted octanol–water partition coefficient (Wildman–Crippen LogP) is 2.94. The molecule has 0 aliphatic carbocycles. The van der Waals surface area contributed by atoms with E-state index in [4.69, 9.17) is 0 Å². The second-order valence-corrected chi connectivity index (χ2v) is 6.05. The van der Waals surface area contributed by atoms with Crippen molar-refractivity contribution in [3.63, 3.8) is 0 Å². The Kier molecular flexibility index (Phi) is 4.13. The highest BCUT2D eigenvalue weighted by Crippen LogP contribution is 2.23. The van der Waals surface area contributed by atoms with Crippen LogP contribution in [0.3, 0.4) is 0 Å². The number of H-pyrrole nitrogens is 1. The molecule has 1 atom stereocenters. The van der Waals surface area contributed by atoms with Crippen molar-refractivity contribution in [2.45, 2.75) is 37.5 Å². The van der Waals surface area contributed by atoms with Crippen LogP contribution < -0.4 is 5.32 Å². The molecule has 1 heterocycles. The van der Waals surface area contributed by atoms with Gasteiger partial charge in [0, 0.05) is 11.8 Å². The maximum absolute atomic E-state index is 9.30. The first-order valence-electron chi connectivity index (χ1n) is 6.29. The number of aromatic amines is 1. The molecule has 0 fully saturated rings. The molecule has 0 bridgehead atoms. The number of hydrogen-bond donors (Lipinski definition) is 2. The van der Waals surface area contributed by atoms with E-state index < -0.39 is 5.54 Å². The van der Waals surface area contributed by atoms with E-state index >= 15 is 0 Å². The molecule has 0 saturated heterocycles. The third kappa shape index (κ3) is 3.49. The fourth-order valence-corrected chi connectivity index (χ4v) is 2.87. The van der Waals surface area contributed by atoms with E-state index in [1.807, 2.05) is 45.0 Å². The molecule has 0 radical (unpaired) electrons. The van der Waals surface area contributed by atoms with E-state index in [0.717, 1.165) is 16.2 Å². The molecule has 19 heavy (non-hydrogen) atoms. The summed E-state index contributed by atoms with van der Waals surface area (Å²) in [6.07, 6.45) is 0. The summed E-state index contributed by atoms with van der Waals surface area (Å²) < 4.78 is 0. The van der Waals surface area contributed by atoms with Crippen LogP contribution in [0, 0.1) is 11.3 Å². The predicted molar refractivity (Wildman–Crippen MR) is 79.1 cm³/mol. The van der Waals surface area contributed by atoms with Crippen LogP contribution in [-0.4, -0.2) is 27.3 Å². The molecule has 1 unspecified atom stereocenters. The Labute approximate surface area is 117 Å². The number of fused-ring (bicyclic) bond motifs is 1. The molecule has 0 spiro atoms. The van der Waals surface area contributed by atoms with Gasteiger partial charge in [0.15, 0.2) is 5.16 Å². The van der Waals surface area contributed by atoms with Gasteiger partial charge >= 0.3 is 0 Å². The Balaban J connectivity index is 2.07. The lowest BCUT2D eigenvalue weighted by Gasteiger charge is -2.24. The fourth-order valence-electron chi connectivity index (χ4n) is 1.95. The third-order valence-electron chi connectivity index (χ3n) is 2.72. The van der Waals surface area contributed by atoms with Crippen LogP contribution >= 0.6 is 11.8 Å². The Morgan fingerprint density at radius 3 is 2.84 bits per heavy atom. The van der Waals surface area contributed by atoms with Gasteiger partial charge in [-0.25, -0.2) is 4.98 Å². The number of nitrogens with one attached hydrogen (secondary N) is 2. The summed E-state index contributed by atoms with van der Waals surface area (Å²) >= 11 is 1.57. The quantitative estimate of drug-likeness (QED) is 0.823. The molecule has 2 N–H and O–H groups in total. The van der Waals surface area contributed by atoms with Crippen molar-refractivity contribution in [2.75, 3.05) is 5.75 Å². The number of hydrogen-bond acceptors (Lipinski definition) is 4. The van der Waals surface area contributed by atoms with Crippen LogP contribution in [0.4, 0.5) is 0 Å². The lowest BCUT2D eigenvalue weighted by atomic mass is 10.1. The Morgan fingerprint density at radius 1 is 1.47 bits per heavy atom. The molecule has 0 saturated carbocycles. The van der Waals surface area contributed by atoms with Crippen molar-refractivity contribution in [3.05, 3.63) is 24.3 Å².